The Morgan fingerprint density at radius 3 is 2.69 bits per heavy atom. The van der Waals surface area contributed by atoms with Crippen LogP contribution in [0.25, 0.3) is 0 Å². The largest absolute Gasteiger partial charge is 0.388 e. The lowest BCUT2D eigenvalue weighted by molar-refractivity contribution is -0.125. The van der Waals surface area contributed by atoms with Gasteiger partial charge in [0.1, 0.15) is 0 Å². The van der Waals surface area contributed by atoms with Crippen LogP contribution in [0.3, 0.4) is 0 Å². The molecule has 0 spiro atoms. The average Bonchev–Trinajstić information content (AvgIpc) is 2.23. The van der Waals surface area contributed by atoms with Crippen LogP contribution in [0.5, 0.6) is 0 Å². The van der Waals surface area contributed by atoms with Crippen LogP contribution in [-0.4, -0.2) is 50.5 Å². The van der Waals surface area contributed by atoms with Gasteiger partial charge in [0.05, 0.1) is 5.60 Å². The van der Waals surface area contributed by atoms with Crippen LogP contribution in [0.1, 0.15) is 20.3 Å². The third kappa shape index (κ3) is 6.76. The van der Waals surface area contributed by atoms with E-state index < -0.39 is 5.60 Å². The molecule has 0 rings (SSSR count). The van der Waals surface area contributed by atoms with Gasteiger partial charge in [0.2, 0.25) is 5.91 Å². The maximum Gasteiger partial charge on any atom is 0.224 e. The van der Waals surface area contributed by atoms with E-state index in [1.165, 1.54) is 0 Å². The third-order valence-electron chi connectivity index (χ3n) is 2.45. The molecule has 5 nitrogen and oxygen atoms in total. The summed E-state index contributed by atoms with van der Waals surface area (Å²) in [6.45, 7) is 4.90. The van der Waals surface area contributed by atoms with Crippen molar-refractivity contribution in [2.45, 2.75) is 25.9 Å². The summed E-state index contributed by atoms with van der Waals surface area (Å²) in [5.41, 5.74) is -0.912. The van der Waals surface area contributed by atoms with Gasteiger partial charge in [-0.1, -0.05) is 6.92 Å². The normalized spacial score (nSPS) is 16.6. The lowest BCUT2D eigenvalue weighted by Gasteiger charge is -2.24. The van der Waals surface area contributed by atoms with Crippen molar-refractivity contribution < 1.29 is 14.6 Å². The van der Waals surface area contributed by atoms with Gasteiger partial charge in [-0.2, -0.15) is 0 Å². The highest BCUT2D eigenvalue weighted by Crippen LogP contribution is 2.07. The molecule has 0 bridgehead atoms. The molecule has 96 valence electrons. The van der Waals surface area contributed by atoms with E-state index in [2.05, 4.69) is 10.6 Å². The van der Waals surface area contributed by atoms with Crippen molar-refractivity contribution in [1.29, 1.82) is 0 Å². The highest BCUT2D eigenvalue weighted by atomic mass is 16.5. The molecule has 0 radical (unpaired) electrons. The van der Waals surface area contributed by atoms with Crippen molar-refractivity contribution in [3.8, 4) is 0 Å². The number of carbonyl (C=O) groups excluding carboxylic acids is 1. The molecular formula is C11H24N2O3. The van der Waals surface area contributed by atoms with Gasteiger partial charge in [-0.15, -0.1) is 0 Å². The molecule has 0 aliphatic heterocycles. The molecule has 0 aromatic carbocycles. The van der Waals surface area contributed by atoms with E-state index in [0.717, 1.165) is 0 Å². The van der Waals surface area contributed by atoms with Crippen molar-refractivity contribution >= 4 is 5.91 Å². The number of aliphatic hydroxyl groups is 1. The molecule has 0 heterocycles. The van der Waals surface area contributed by atoms with E-state index in [-0.39, 0.29) is 18.4 Å². The lowest BCUT2D eigenvalue weighted by Crippen LogP contribution is -2.44. The predicted molar refractivity (Wildman–Crippen MR) is 63.2 cm³/mol. The first-order chi connectivity index (χ1) is 7.43. The highest BCUT2D eigenvalue weighted by Gasteiger charge is 2.22. The van der Waals surface area contributed by atoms with Gasteiger partial charge in [-0.25, -0.2) is 0 Å². The Kier molecular flexibility index (Phi) is 7.29. The van der Waals surface area contributed by atoms with Crippen molar-refractivity contribution in [1.82, 2.24) is 10.6 Å². The third-order valence-corrected chi connectivity index (χ3v) is 2.45. The maximum absolute atomic E-state index is 11.6. The highest BCUT2D eigenvalue weighted by molar-refractivity contribution is 5.78. The topological polar surface area (TPSA) is 70.6 Å². The molecule has 2 atom stereocenters. The number of amides is 1. The van der Waals surface area contributed by atoms with Gasteiger partial charge in [-0.3, -0.25) is 4.79 Å². The second kappa shape index (κ2) is 7.60. The van der Waals surface area contributed by atoms with E-state index in [0.29, 0.717) is 19.6 Å². The van der Waals surface area contributed by atoms with E-state index in [1.54, 1.807) is 21.1 Å². The summed E-state index contributed by atoms with van der Waals surface area (Å²) in [7, 11) is 3.39. The first-order valence-electron chi connectivity index (χ1n) is 5.56. The molecule has 3 N–H and O–H groups in total. The molecule has 0 fully saturated rings. The van der Waals surface area contributed by atoms with Crippen molar-refractivity contribution in [3.63, 3.8) is 0 Å². The molecule has 0 saturated carbocycles. The summed E-state index contributed by atoms with van der Waals surface area (Å²) in [5.74, 6) is -0.143. The quantitative estimate of drug-likeness (QED) is 0.539. The first kappa shape index (κ1) is 15.3. The Bertz CT molecular complexity index is 207. The van der Waals surface area contributed by atoms with Gasteiger partial charge >= 0.3 is 0 Å². The van der Waals surface area contributed by atoms with E-state index in [4.69, 9.17) is 4.74 Å². The molecule has 0 saturated heterocycles. The molecule has 16 heavy (non-hydrogen) atoms. The van der Waals surface area contributed by atoms with E-state index in [1.807, 2.05) is 6.92 Å². The van der Waals surface area contributed by atoms with E-state index >= 15 is 0 Å². The smallest absolute Gasteiger partial charge is 0.224 e. The Morgan fingerprint density at radius 2 is 2.19 bits per heavy atom. The number of hydrogen-bond donors (Lipinski definition) is 3. The molecule has 0 aliphatic rings. The van der Waals surface area contributed by atoms with Gasteiger partial charge in [0.25, 0.3) is 0 Å². The molecule has 0 aliphatic carbocycles. The van der Waals surface area contributed by atoms with Gasteiger partial charge in [0, 0.05) is 39.1 Å². The standard InChI is InChI=1S/C11H24N2O3/c1-9(7-12-3)10(14)13-8-11(2,15)5-6-16-4/h9,12,15H,5-8H2,1-4H3,(H,13,14). The molecule has 1 amide bonds. The molecule has 0 aromatic rings. The van der Waals surface area contributed by atoms with Crippen molar-refractivity contribution in [2.75, 3.05) is 33.9 Å². The zero-order valence-corrected chi connectivity index (χ0v) is 10.7. The summed E-state index contributed by atoms with van der Waals surface area (Å²) in [4.78, 5) is 11.6. The van der Waals surface area contributed by atoms with Crippen LogP contribution < -0.4 is 10.6 Å². The number of ether oxygens (including phenoxy) is 1. The van der Waals surface area contributed by atoms with E-state index in [9.17, 15) is 9.90 Å². The Morgan fingerprint density at radius 1 is 1.56 bits per heavy atom. The lowest BCUT2D eigenvalue weighted by atomic mass is 10.0. The maximum atomic E-state index is 11.6. The first-order valence-corrected chi connectivity index (χ1v) is 5.56. The minimum atomic E-state index is -0.912. The van der Waals surface area contributed by atoms with Crippen molar-refractivity contribution in [2.24, 2.45) is 5.92 Å². The molecule has 2 unspecified atom stereocenters. The number of hydrogen-bond acceptors (Lipinski definition) is 4. The number of nitrogens with one attached hydrogen (secondary N) is 2. The fraction of sp³-hybridized carbons (Fsp3) is 0.909. The van der Waals surface area contributed by atoms with Crippen LogP contribution in [-0.2, 0) is 9.53 Å². The van der Waals surface area contributed by atoms with Gasteiger partial charge in [-0.05, 0) is 14.0 Å². The molecule has 5 heteroatoms. The zero-order valence-electron chi connectivity index (χ0n) is 10.7. The minimum absolute atomic E-state index is 0.0490. The Hall–Kier alpha value is -0.650. The Labute approximate surface area is 97.6 Å². The summed E-state index contributed by atoms with van der Waals surface area (Å²) in [6, 6.07) is 0. The van der Waals surface area contributed by atoms with Crippen LogP contribution in [0.15, 0.2) is 0 Å². The van der Waals surface area contributed by atoms with Crippen LogP contribution in [0, 0.1) is 5.92 Å². The van der Waals surface area contributed by atoms with Crippen LogP contribution >= 0.6 is 0 Å². The summed E-state index contributed by atoms with van der Waals surface area (Å²) in [5, 5.41) is 15.6. The second-order valence-electron chi connectivity index (χ2n) is 4.42. The second-order valence-corrected chi connectivity index (χ2v) is 4.42. The molecular weight excluding hydrogens is 208 g/mol. The minimum Gasteiger partial charge on any atom is -0.388 e. The van der Waals surface area contributed by atoms with Crippen LogP contribution in [0.4, 0.5) is 0 Å². The van der Waals surface area contributed by atoms with Gasteiger partial charge < -0.3 is 20.5 Å². The predicted octanol–water partition coefficient (Wildman–Crippen LogP) is -0.254. The fourth-order valence-electron chi connectivity index (χ4n) is 1.26. The Balaban J connectivity index is 3.89. The van der Waals surface area contributed by atoms with Gasteiger partial charge in [0.15, 0.2) is 0 Å². The van der Waals surface area contributed by atoms with Crippen molar-refractivity contribution in [3.05, 3.63) is 0 Å². The number of carbonyl (C=O) groups is 1. The molecule has 0 aromatic heterocycles. The summed E-state index contributed by atoms with van der Waals surface area (Å²) in [6.07, 6.45) is 0.504. The summed E-state index contributed by atoms with van der Waals surface area (Å²) >= 11 is 0. The van der Waals surface area contributed by atoms with Crippen LogP contribution in [0.2, 0.25) is 0 Å². The number of methoxy groups -OCH3 is 1. The zero-order chi connectivity index (χ0) is 12.6. The monoisotopic (exact) mass is 232 g/mol. The SMILES string of the molecule is CNCC(C)C(=O)NCC(C)(O)CCOC. The summed E-state index contributed by atoms with van der Waals surface area (Å²) < 4.78 is 4.89. The average molecular weight is 232 g/mol. The fourth-order valence-corrected chi connectivity index (χ4v) is 1.26. The number of rotatable bonds is 8.